The van der Waals surface area contributed by atoms with Crippen molar-refractivity contribution in [3.05, 3.63) is 212 Å². The highest BCUT2D eigenvalue weighted by Gasteiger charge is 2.21. The lowest BCUT2D eigenvalue weighted by Crippen LogP contribution is -2.11. The van der Waals surface area contributed by atoms with Gasteiger partial charge in [-0.15, -0.1) is 11.3 Å². The lowest BCUT2D eigenvalue weighted by Gasteiger charge is -2.29. The SMILES string of the molecule is c1ccc(-c2cc(N(c3ccc4ccc5ccccc5c4c3)c3ccccc3-c3ccccc3)ccc2-c2cccc3sc4cc5ccccc5cc4c23)cc1. The molecule has 0 N–H and O–H groups in total. The largest absolute Gasteiger partial charge is 0.310 e. The fourth-order valence-electron chi connectivity index (χ4n) is 8.59. The van der Waals surface area contributed by atoms with Gasteiger partial charge >= 0.3 is 0 Å². The Morgan fingerprint density at radius 1 is 0.304 bits per heavy atom. The first-order chi connectivity index (χ1) is 27.8. The van der Waals surface area contributed by atoms with Gasteiger partial charge in [0.1, 0.15) is 0 Å². The molecule has 0 fully saturated rings. The maximum Gasteiger partial charge on any atom is 0.0540 e. The summed E-state index contributed by atoms with van der Waals surface area (Å²) in [5, 5.41) is 10.1. The predicted octanol–water partition coefficient (Wildman–Crippen LogP) is 16.0. The summed E-state index contributed by atoms with van der Waals surface area (Å²) in [5.41, 5.74) is 10.6. The molecule has 0 unspecified atom stereocenters. The topological polar surface area (TPSA) is 3.24 Å². The molecule has 0 spiro atoms. The van der Waals surface area contributed by atoms with Gasteiger partial charge in [-0.3, -0.25) is 0 Å². The molecule has 2 heteroatoms. The smallest absolute Gasteiger partial charge is 0.0540 e. The molecule has 1 nitrogen and oxygen atoms in total. The summed E-state index contributed by atoms with van der Waals surface area (Å²) in [4.78, 5) is 2.45. The Morgan fingerprint density at radius 2 is 0.893 bits per heavy atom. The van der Waals surface area contributed by atoms with E-state index >= 15 is 0 Å². The van der Waals surface area contributed by atoms with Gasteiger partial charge in [0.15, 0.2) is 0 Å². The van der Waals surface area contributed by atoms with Gasteiger partial charge in [0, 0.05) is 37.1 Å². The van der Waals surface area contributed by atoms with E-state index in [1.54, 1.807) is 0 Å². The summed E-state index contributed by atoms with van der Waals surface area (Å²) in [6, 6.07) is 77.8. The van der Waals surface area contributed by atoms with Crippen molar-refractivity contribution >= 4 is 80.9 Å². The highest BCUT2D eigenvalue weighted by Crippen LogP contribution is 2.48. The molecule has 1 aromatic heterocycles. The normalized spacial score (nSPS) is 11.6. The monoisotopic (exact) mass is 729 g/mol. The number of para-hydroxylation sites is 1. The van der Waals surface area contributed by atoms with Crippen LogP contribution >= 0.6 is 11.3 Å². The van der Waals surface area contributed by atoms with Crippen LogP contribution in [0.2, 0.25) is 0 Å². The van der Waals surface area contributed by atoms with Crippen molar-refractivity contribution in [2.45, 2.75) is 0 Å². The standard InChI is InChI=1S/C54H35NS/c1-3-14-36(15-4-1)45-22-11-12-24-51(45)55(42-29-28-39-27-26-38-18-9-10-21-44(38)48(39)34-42)43-30-31-46(49(35-43)37-16-5-2-6-17-37)47-23-13-25-52-54(47)50-32-40-19-7-8-20-41(40)33-53(50)56-52/h1-35H. The molecule has 11 rings (SSSR count). The second-order valence-corrected chi connectivity index (χ2v) is 15.6. The van der Waals surface area contributed by atoms with E-state index in [2.05, 4.69) is 217 Å². The van der Waals surface area contributed by atoms with Crippen LogP contribution in [0.25, 0.3) is 85.9 Å². The molecule has 0 aliphatic heterocycles. The van der Waals surface area contributed by atoms with Gasteiger partial charge in [-0.2, -0.15) is 0 Å². The minimum atomic E-state index is 1.10. The van der Waals surface area contributed by atoms with Gasteiger partial charge in [-0.1, -0.05) is 164 Å². The molecule has 0 atom stereocenters. The number of hydrogen-bond acceptors (Lipinski definition) is 2. The zero-order valence-corrected chi connectivity index (χ0v) is 31.4. The number of anilines is 3. The number of thiophene rings is 1. The van der Waals surface area contributed by atoms with Crippen LogP contribution in [-0.4, -0.2) is 0 Å². The molecular weight excluding hydrogens is 695 g/mol. The minimum absolute atomic E-state index is 1.10. The summed E-state index contributed by atoms with van der Waals surface area (Å²) in [7, 11) is 0. The highest BCUT2D eigenvalue weighted by atomic mass is 32.1. The zero-order valence-electron chi connectivity index (χ0n) is 30.6. The minimum Gasteiger partial charge on any atom is -0.310 e. The maximum atomic E-state index is 2.45. The van der Waals surface area contributed by atoms with Crippen molar-refractivity contribution in [1.29, 1.82) is 0 Å². The third-order valence-electron chi connectivity index (χ3n) is 11.2. The number of nitrogens with zero attached hydrogens (tertiary/aromatic N) is 1. The van der Waals surface area contributed by atoms with E-state index in [0.717, 1.165) is 17.1 Å². The number of benzene rings is 10. The zero-order chi connectivity index (χ0) is 37.0. The lowest BCUT2D eigenvalue weighted by atomic mass is 9.90. The van der Waals surface area contributed by atoms with Gasteiger partial charge in [-0.25, -0.2) is 0 Å². The van der Waals surface area contributed by atoms with Crippen molar-refractivity contribution in [3.63, 3.8) is 0 Å². The van der Waals surface area contributed by atoms with Crippen LogP contribution in [0, 0.1) is 0 Å². The molecule has 0 saturated heterocycles. The molecule has 0 aliphatic carbocycles. The van der Waals surface area contributed by atoms with E-state index in [9.17, 15) is 0 Å². The average Bonchev–Trinajstić information content (AvgIpc) is 3.64. The Hall–Kier alpha value is -7.00. The summed E-state index contributed by atoms with van der Waals surface area (Å²) in [6.45, 7) is 0. The van der Waals surface area contributed by atoms with E-state index in [1.807, 2.05) is 11.3 Å². The van der Waals surface area contributed by atoms with E-state index in [1.165, 1.54) is 85.9 Å². The molecule has 0 radical (unpaired) electrons. The summed E-state index contributed by atoms with van der Waals surface area (Å²) in [5.74, 6) is 0. The third-order valence-corrected chi connectivity index (χ3v) is 12.3. The Morgan fingerprint density at radius 3 is 1.70 bits per heavy atom. The number of fused-ring (bicyclic) bond motifs is 7. The van der Waals surface area contributed by atoms with Crippen LogP contribution in [0.4, 0.5) is 17.1 Å². The molecule has 0 saturated carbocycles. The van der Waals surface area contributed by atoms with Crippen LogP contribution in [0.1, 0.15) is 0 Å². The molecular formula is C54H35NS. The van der Waals surface area contributed by atoms with Crippen LogP contribution in [-0.2, 0) is 0 Å². The first-order valence-electron chi connectivity index (χ1n) is 19.2. The first-order valence-corrected chi connectivity index (χ1v) is 20.0. The summed E-state index contributed by atoms with van der Waals surface area (Å²) < 4.78 is 2.62. The quantitative estimate of drug-likeness (QED) is 0.154. The second kappa shape index (κ2) is 13.4. The van der Waals surface area contributed by atoms with Gasteiger partial charge in [0.05, 0.1) is 5.69 Å². The molecule has 0 amide bonds. The molecule has 0 aliphatic rings. The van der Waals surface area contributed by atoms with Crippen LogP contribution in [0.15, 0.2) is 212 Å². The Balaban J connectivity index is 1.18. The van der Waals surface area contributed by atoms with Crippen LogP contribution in [0.3, 0.4) is 0 Å². The van der Waals surface area contributed by atoms with Crippen molar-refractivity contribution in [3.8, 4) is 33.4 Å². The summed E-state index contributed by atoms with van der Waals surface area (Å²) in [6.07, 6.45) is 0. The third kappa shape index (κ3) is 5.46. The van der Waals surface area contributed by atoms with E-state index < -0.39 is 0 Å². The van der Waals surface area contributed by atoms with Gasteiger partial charge in [0.25, 0.3) is 0 Å². The molecule has 56 heavy (non-hydrogen) atoms. The number of hydrogen-bond donors (Lipinski definition) is 0. The second-order valence-electron chi connectivity index (χ2n) is 14.5. The highest BCUT2D eigenvalue weighted by molar-refractivity contribution is 7.26. The van der Waals surface area contributed by atoms with Gasteiger partial charge < -0.3 is 4.90 Å². The Kier molecular flexibility index (Phi) is 7.75. The van der Waals surface area contributed by atoms with E-state index in [4.69, 9.17) is 0 Å². The number of rotatable bonds is 6. The first kappa shape index (κ1) is 32.4. The van der Waals surface area contributed by atoms with Crippen LogP contribution in [0.5, 0.6) is 0 Å². The molecule has 0 bridgehead atoms. The Labute approximate surface area is 330 Å². The molecule has 11 aromatic rings. The van der Waals surface area contributed by atoms with Crippen molar-refractivity contribution in [1.82, 2.24) is 0 Å². The fourth-order valence-corrected chi connectivity index (χ4v) is 9.75. The Bertz CT molecular complexity index is 3250. The van der Waals surface area contributed by atoms with Crippen molar-refractivity contribution < 1.29 is 0 Å². The van der Waals surface area contributed by atoms with E-state index in [0.29, 0.717) is 0 Å². The van der Waals surface area contributed by atoms with Gasteiger partial charge in [-0.05, 0) is 109 Å². The lowest BCUT2D eigenvalue weighted by molar-refractivity contribution is 1.29. The van der Waals surface area contributed by atoms with E-state index in [-0.39, 0.29) is 0 Å². The maximum absolute atomic E-state index is 2.45. The van der Waals surface area contributed by atoms with Crippen LogP contribution < -0.4 is 4.90 Å². The van der Waals surface area contributed by atoms with Gasteiger partial charge in [0.2, 0.25) is 0 Å². The predicted molar refractivity (Wildman–Crippen MR) is 243 cm³/mol. The van der Waals surface area contributed by atoms with Crippen molar-refractivity contribution in [2.75, 3.05) is 4.90 Å². The summed E-state index contributed by atoms with van der Waals surface area (Å²) >= 11 is 1.88. The molecule has 1 heterocycles. The average molecular weight is 730 g/mol. The fraction of sp³-hybridized carbons (Fsp3) is 0. The molecule has 10 aromatic carbocycles. The molecule has 262 valence electrons. The van der Waals surface area contributed by atoms with Crippen molar-refractivity contribution in [2.24, 2.45) is 0 Å².